The molecule has 0 saturated heterocycles. The second kappa shape index (κ2) is 13.9. The van der Waals surface area contributed by atoms with Gasteiger partial charge in [-0.15, -0.1) is 12.0 Å². The lowest BCUT2D eigenvalue weighted by molar-refractivity contribution is -0.141. The van der Waals surface area contributed by atoms with Gasteiger partial charge >= 0.3 is 11.9 Å². The fourth-order valence-electron chi connectivity index (χ4n) is 2.48. The summed E-state index contributed by atoms with van der Waals surface area (Å²) in [4.78, 5) is 21.9. The lowest BCUT2D eigenvalue weighted by Crippen LogP contribution is -2.16. The molecule has 0 unspecified atom stereocenters. The quantitative estimate of drug-likeness (QED) is 0.362. The van der Waals surface area contributed by atoms with E-state index in [1.807, 2.05) is 48.5 Å². The van der Waals surface area contributed by atoms with Crippen LogP contribution in [0.25, 0.3) is 0 Å². The summed E-state index contributed by atoms with van der Waals surface area (Å²) in [6.45, 7) is 6.68. The molecule has 2 rings (SSSR count). The SMILES string of the molecule is C#Cc1ccc(CCC(=O)OC)cc1.COC(=O)CCc1ccc(C#C[Si](C)(C)C)cc1. The number of rotatable bonds is 6. The molecular formula is C27H32O4Si. The maximum atomic E-state index is 11.0. The number of hydrogen-bond donors (Lipinski definition) is 0. The molecule has 0 bridgehead atoms. The minimum Gasteiger partial charge on any atom is -0.469 e. The summed E-state index contributed by atoms with van der Waals surface area (Å²) in [5, 5.41) is 0. The standard InChI is InChI=1S/C15H20O2Si.C12H12O2/c1-17-15(16)10-9-13-5-7-14(8-6-13)11-12-18(2,3)4;1-3-10-4-6-11(7-5-10)8-9-12(13)14-2/h5-8H,9-10H2,1-4H3;1,4-7H,8-9H2,2H3. The third-order valence-electron chi connectivity index (χ3n) is 4.35. The van der Waals surface area contributed by atoms with E-state index in [0.29, 0.717) is 25.7 Å². The van der Waals surface area contributed by atoms with E-state index in [9.17, 15) is 9.59 Å². The van der Waals surface area contributed by atoms with Crippen molar-refractivity contribution in [3.8, 4) is 23.8 Å². The highest BCUT2D eigenvalue weighted by atomic mass is 28.3. The molecule has 0 saturated carbocycles. The molecule has 5 heteroatoms. The normalized spacial score (nSPS) is 9.88. The number of benzene rings is 2. The predicted octanol–water partition coefficient (Wildman–Crippen LogP) is 4.79. The van der Waals surface area contributed by atoms with Gasteiger partial charge in [-0.05, 0) is 48.2 Å². The lowest BCUT2D eigenvalue weighted by Gasteiger charge is -2.04. The van der Waals surface area contributed by atoms with Gasteiger partial charge in [0.15, 0.2) is 0 Å². The molecule has 0 aliphatic rings. The van der Waals surface area contributed by atoms with Crippen molar-refractivity contribution in [2.45, 2.75) is 45.3 Å². The van der Waals surface area contributed by atoms with Crippen LogP contribution < -0.4 is 0 Å². The fraction of sp³-hybridized carbons (Fsp3) is 0.333. The van der Waals surface area contributed by atoms with Crippen molar-refractivity contribution in [2.75, 3.05) is 14.2 Å². The molecule has 2 aromatic carbocycles. The molecule has 0 heterocycles. The van der Waals surface area contributed by atoms with E-state index in [2.05, 4.69) is 46.5 Å². The van der Waals surface area contributed by atoms with E-state index in [1.54, 1.807) is 0 Å². The third kappa shape index (κ3) is 11.8. The molecule has 32 heavy (non-hydrogen) atoms. The maximum absolute atomic E-state index is 11.0. The number of hydrogen-bond acceptors (Lipinski definition) is 4. The van der Waals surface area contributed by atoms with Crippen molar-refractivity contribution in [3.05, 3.63) is 70.8 Å². The van der Waals surface area contributed by atoms with Gasteiger partial charge in [-0.2, -0.15) is 0 Å². The Kier molecular flexibility index (Phi) is 11.6. The van der Waals surface area contributed by atoms with Gasteiger partial charge in [0.05, 0.1) is 14.2 Å². The fourth-order valence-corrected chi connectivity index (χ4v) is 3.00. The summed E-state index contributed by atoms with van der Waals surface area (Å²) >= 11 is 0. The highest BCUT2D eigenvalue weighted by Gasteiger charge is 2.07. The minimum atomic E-state index is -1.31. The number of carbonyl (C=O) groups is 2. The number of carbonyl (C=O) groups excluding carboxylic acids is 2. The number of aryl methyl sites for hydroxylation is 2. The number of ether oxygens (including phenoxy) is 2. The molecule has 0 aliphatic heterocycles. The summed E-state index contributed by atoms with van der Waals surface area (Å²) in [7, 11) is 1.50. The van der Waals surface area contributed by atoms with Crippen molar-refractivity contribution in [3.63, 3.8) is 0 Å². The molecule has 0 radical (unpaired) electrons. The van der Waals surface area contributed by atoms with Crippen molar-refractivity contribution < 1.29 is 19.1 Å². The molecule has 4 nitrogen and oxygen atoms in total. The van der Waals surface area contributed by atoms with E-state index in [-0.39, 0.29) is 11.9 Å². The van der Waals surface area contributed by atoms with Crippen molar-refractivity contribution in [1.29, 1.82) is 0 Å². The van der Waals surface area contributed by atoms with Crippen LogP contribution in [0.2, 0.25) is 19.6 Å². The second-order valence-electron chi connectivity index (χ2n) is 8.19. The lowest BCUT2D eigenvalue weighted by atomic mass is 10.1. The molecular weight excluding hydrogens is 416 g/mol. The second-order valence-corrected chi connectivity index (χ2v) is 12.9. The average molecular weight is 449 g/mol. The van der Waals surface area contributed by atoms with E-state index >= 15 is 0 Å². The van der Waals surface area contributed by atoms with Gasteiger partial charge in [0.1, 0.15) is 8.07 Å². The van der Waals surface area contributed by atoms with Crippen LogP contribution in [-0.4, -0.2) is 34.2 Å². The van der Waals surface area contributed by atoms with Gasteiger partial charge in [-0.25, -0.2) is 0 Å². The Balaban J connectivity index is 0.000000330. The first-order valence-corrected chi connectivity index (χ1v) is 14.0. The van der Waals surface area contributed by atoms with Crippen molar-refractivity contribution in [1.82, 2.24) is 0 Å². The highest BCUT2D eigenvalue weighted by Crippen LogP contribution is 2.08. The minimum absolute atomic E-state index is 0.169. The first-order chi connectivity index (χ1) is 15.2. The van der Waals surface area contributed by atoms with Crippen LogP contribution >= 0.6 is 0 Å². The van der Waals surface area contributed by atoms with Crippen LogP contribution in [0.3, 0.4) is 0 Å². The molecule has 0 N–H and O–H groups in total. The van der Waals surface area contributed by atoms with Crippen LogP contribution in [0.4, 0.5) is 0 Å². The zero-order valence-corrected chi connectivity index (χ0v) is 20.7. The van der Waals surface area contributed by atoms with Gasteiger partial charge in [0, 0.05) is 24.0 Å². The van der Waals surface area contributed by atoms with Gasteiger partial charge in [-0.1, -0.05) is 55.7 Å². The molecule has 0 fully saturated rings. The van der Waals surface area contributed by atoms with Crippen LogP contribution in [0.1, 0.15) is 35.1 Å². The average Bonchev–Trinajstić information content (AvgIpc) is 2.80. The molecule has 0 atom stereocenters. The van der Waals surface area contributed by atoms with Gasteiger partial charge in [0.2, 0.25) is 0 Å². The van der Waals surface area contributed by atoms with Crippen LogP contribution in [0.5, 0.6) is 0 Å². The van der Waals surface area contributed by atoms with Gasteiger partial charge < -0.3 is 9.47 Å². The monoisotopic (exact) mass is 448 g/mol. The number of terminal acetylenes is 1. The summed E-state index contributed by atoms with van der Waals surface area (Å²) in [5.41, 5.74) is 7.46. The highest BCUT2D eigenvalue weighted by molar-refractivity contribution is 6.83. The molecule has 168 valence electrons. The Morgan fingerprint density at radius 2 is 1.19 bits per heavy atom. The smallest absolute Gasteiger partial charge is 0.305 e. The van der Waals surface area contributed by atoms with Crippen molar-refractivity contribution in [2.24, 2.45) is 0 Å². The number of methoxy groups -OCH3 is 2. The molecule has 0 amide bonds. The Bertz CT molecular complexity index is 966. The van der Waals surface area contributed by atoms with Crippen LogP contribution in [0, 0.1) is 23.8 Å². The van der Waals surface area contributed by atoms with Gasteiger partial charge in [0.25, 0.3) is 0 Å². The molecule has 0 spiro atoms. The summed E-state index contributed by atoms with van der Waals surface area (Å²) in [6.07, 6.45) is 7.46. The zero-order chi connectivity index (χ0) is 24.0. The molecule has 0 aromatic heterocycles. The summed E-state index contributed by atoms with van der Waals surface area (Å²) in [5.74, 6) is 5.39. The number of esters is 2. The van der Waals surface area contributed by atoms with E-state index in [0.717, 1.165) is 22.3 Å². The van der Waals surface area contributed by atoms with E-state index in [4.69, 9.17) is 6.42 Å². The van der Waals surface area contributed by atoms with E-state index in [1.165, 1.54) is 14.2 Å². The maximum Gasteiger partial charge on any atom is 0.305 e. The van der Waals surface area contributed by atoms with Gasteiger partial charge in [-0.3, -0.25) is 9.59 Å². The molecule has 0 aliphatic carbocycles. The Hall–Kier alpha value is -3.28. The summed E-state index contributed by atoms with van der Waals surface area (Å²) < 4.78 is 9.16. The largest absolute Gasteiger partial charge is 0.469 e. The van der Waals surface area contributed by atoms with Crippen molar-refractivity contribution >= 4 is 20.0 Å². The third-order valence-corrected chi connectivity index (χ3v) is 5.22. The topological polar surface area (TPSA) is 52.6 Å². The molecule has 2 aromatic rings. The van der Waals surface area contributed by atoms with Crippen LogP contribution in [0.15, 0.2) is 48.5 Å². The summed E-state index contributed by atoms with van der Waals surface area (Å²) in [6, 6.07) is 15.7. The Morgan fingerprint density at radius 1 is 0.781 bits per heavy atom. The first kappa shape index (κ1) is 26.8. The Morgan fingerprint density at radius 3 is 1.53 bits per heavy atom. The zero-order valence-electron chi connectivity index (χ0n) is 19.7. The first-order valence-electron chi connectivity index (χ1n) is 10.5. The predicted molar refractivity (Wildman–Crippen MR) is 132 cm³/mol. The Labute approximate surface area is 193 Å². The van der Waals surface area contributed by atoms with Crippen LogP contribution in [-0.2, 0) is 31.9 Å². The van der Waals surface area contributed by atoms with E-state index < -0.39 is 8.07 Å².